The Bertz CT molecular complexity index is 419. The van der Waals surface area contributed by atoms with Crippen molar-refractivity contribution in [3.8, 4) is 0 Å². The van der Waals surface area contributed by atoms with Crippen molar-refractivity contribution < 1.29 is 19.4 Å². The van der Waals surface area contributed by atoms with Crippen LogP contribution in [0.2, 0.25) is 5.02 Å². The number of rotatable bonds is 4. The first-order chi connectivity index (χ1) is 8.54. The van der Waals surface area contributed by atoms with Crippen LogP contribution in [-0.4, -0.2) is 30.1 Å². The third kappa shape index (κ3) is 4.35. The molecule has 0 fully saturated rings. The summed E-state index contributed by atoms with van der Waals surface area (Å²) in [7, 11) is 0. The van der Waals surface area contributed by atoms with Crippen LogP contribution in [0.15, 0.2) is 24.3 Å². The van der Waals surface area contributed by atoms with Crippen LogP contribution < -0.4 is 5.32 Å². The molecule has 0 aliphatic heterocycles. The van der Waals surface area contributed by atoms with Crippen LogP contribution in [0.1, 0.15) is 18.6 Å². The monoisotopic (exact) mass is 271 g/mol. The molecule has 0 aliphatic carbocycles. The Morgan fingerprint density at radius 1 is 1.39 bits per heavy atom. The second-order valence-corrected chi connectivity index (χ2v) is 3.93. The van der Waals surface area contributed by atoms with E-state index in [2.05, 4.69) is 10.1 Å². The fourth-order valence-electron chi connectivity index (χ4n) is 1.26. The summed E-state index contributed by atoms with van der Waals surface area (Å²) in [5.74, 6) is -1.83. The highest BCUT2D eigenvalue weighted by atomic mass is 35.5. The van der Waals surface area contributed by atoms with E-state index >= 15 is 0 Å². The van der Waals surface area contributed by atoms with Gasteiger partial charge < -0.3 is 15.2 Å². The first-order valence-corrected chi connectivity index (χ1v) is 5.81. The first-order valence-electron chi connectivity index (χ1n) is 5.43. The lowest BCUT2D eigenvalue weighted by Crippen LogP contribution is -2.35. The second-order valence-electron chi connectivity index (χ2n) is 3.50. The molecule has 5 nitrogen and oxygen atoms in total. The van der Waals surface area contributed by atoms with Gasteiger partial charge in [-0.05, 0) is 24.6 Å². The van der Waals surface area contributed by atoms with Crippen LogP contribution in [0, 0.1) is 0 Å². The van der Waals surface area contributed by atoms with Crippen molar-refractivity contribution >= 4 is 23.5 Å². The molecule has 0 aromatic heterocycles. The van der Waals surface area contributed by atoms with Crippen molar-refractivity contribution in [1.82, 2.24) is 5.32 Å². The van der Waals surface area contributed by atoms with E-state index in [1.807, 2.05) is 0 Å². The SMILES string of the molecule is CCOC(=O)C(=O)NCC(O)c1ccc(Cl)cc1. The third-order valence-electron chi connectivity index (χ3n) is 2.17. The molecule has 0 spiro atoms. The minimum atomic E-state index is -0.958. The highest BCUT2D eigenvalue weighted by Gasteiger charge is 2.16. The molecule has 1 atom stereocenters. The van der Waals surface area contributed by atoms with E-state index in [0.29, 0.717) is 10.6 Å². The van der Waals surface area contributed by atoms with Gasteiger partial charge >= 0.3 is 11.9 Å². The Kier molecular flexibility index (Phi) is 5.61. The van der Waals surface area contributed by atoms with E-state index in [1.165, 1.54) is 0 Å². The number of ether oxygens (including phenoxy) is 1. The van der Waals surface area contributed by atoms with Crippen LogP contribution in [0.3, 0.4) is 0 Å². The smallest absolute Gasteiger partial charge is 0.396 e. The Hall–Kier alpha value is -1.59. The predicted octanol–water partition coefficient (Wildman–Crippen LogP) is 1.05. The minimum absolute atomic E-state index is 0.0702. The molecule has 18 heavy (non-hydrogen) atoms. The predicted molar refractivity (Wildman–Crippen MR) is 66.1 cm³/mol. The van der Waals surface area contributed by atoms with Gasteiger partial charge in [-0.25, -0.2) is 4.79 Å². The number of aliphatic hydroxyl groups is 1. The van der Waals surface area contributed by atoms with Crippen LogP contribution in [0.25, 0.3) is 0 Å². The second kappa shape index (κ2) is 6.98. The molecule has 0 saturated heterocycles. The van der Waals surface area contributed by atoms with E-state index in [-0.39, 0.29) is 13.2 Å². The zero-order chi connectivity index (χ0) is 13.5. The van der Waals surface area contributed by atoms with Crippen LogP contribution in [-0.2, 0) is 14.3 Å². The maximum atomic E-state index is 11.2. The summed E-state index contributed by atoms with van der Waals surface area (Å²) in [6.45, 7) is 1.67. The molecule has 0 saturated carbocycles. The summed E-state index contributed by atoms with van der Waals surface area (Å²) >= 11 is 5.71. The zero-order valence-corrected chi connectivity index (χ0v) is 10.6. The number of hydrogen-bond donors (Lipinski definition) is 2. The lowest BCUT2D eigenvalue weighted by molar-refractivity contribution is -0.154. The first kappa shape index (κ1) is 14.5. The maximum absolute atomic E-state index is 11.2. The average Bonchev–Trinajstić information content (AvgIpc) is 2.36. The van der Waals surface area contributed by atoms with Gasteiger partial charge in [0.15, 0.2) is 0 Å². The number of benzene rings is 1. The molecule has 98 valence electrons. The quantitative estimate of drug-likeness (QED) is 0.634. The Morgan fingerprint density at radius 2 is 2.00 bits per heavy atom. The van der Waals surface area contributed by atoms with Gasteiger partial charge in [0.2, 0.25) is 0 Å². The van der Waals surface area contributed by atoms with Crippen LogP contribution >= 0.6 is 11.6 Å². The molecule has 1 rings (SSSR count). The summed E-state index contributed by atoms with van der Waals surface area (Å²) in [5.41, 5.74) is 0.601. The highest BCUT2D eigenvalue weighted by Crippen LogP contribution is 2.15. The lowest BCUT2D eigenvalue weighted by atomic mass is 10.1. The van der Waals surface area contributed by atoms with Crippen molar-refractivity contribution in [1.29, 1.82) is 0 Å². The number of halogens is 1. The van der Waals surface area contributed by atoms with E-state index in [9.17, 15) is 14.7 Å². The van der Waals surface area contributed by atoms with Crippen molar-refractivity contribution in [2.45, 2.75) is 13.0 Å². The molecule has 6 heteroatoms. The summed E-state index contributed by atoms with van der Waals surface area (Å²) in [6, 6.07) is 6.55. The number of carbonyl (C=O) groups is 2. The van der Waals surface area contributed by atoms with Crippen molar-refractivity contribution in [3.63, 3.8) is 0 Å². The molecule has 1 aromatic carbocycles. The molecule has 2 N–H and O–H groups in total. The standard InChI is InChI=1S/C12H14ClNO4/c1-2-18-12(17)11(16)14-7-10(15)8-3-5-9(13)6-4-8/h3-6,10,15H,2,7H2,1H3,(H,14,16). The molecule has 1 amide bonds. The van der Waals surface area contributed by atoms with E-state index in [4.69, 9.17) is 11.6 Å². The Balaban J connectivity index is 2.46. The van der Waals surface area contributed by atoms with Crippen molar-refractivity contribution in [2.75, 3.05) is 13.2 Å². The van der Waals surface area contributed by atoms with Gasteiger partial charge in [-0.15, -0.1) is 0 Å². The van der Waals surface area contributed by atoms with E-state index in [1.54, 1.807) is 31.2 Å². The molecule has 0 aliphatic rings. The zero-order valence-electron chi connectivity index (χ0n) is 9.85. The Labute approximate surface area is 110 Å². The van der Waals surface area contributed by atoms with Gasteiger partial charge in [0, 0.05) is 11.6 Å². The maximum Gasteiger partial charge on any atom is 0.396 e. The topological polar surface area (TPSA) is 75.6 Å². The average molecular weight is 272 g/mol. The van der Waals surface area contributed by atoms with Gasteiger partial charge in [0.05, 0.1) is 12.7 Å². The largest absolute Gasteiger partial charge is 0.459 e. The van der Waals surface area contributed by atoms with Gasteiger partial charge in [0.1, 0.15) is 0 Å². The van der Waals surface area contributed by atoms with Gasteiger partial charge in [0.25, 0.3) is 0 Å². The van der Waals surface area contributed by atoms with E-state index in [0.717, 1.165) is 0 Å². The molecular formula is C12H14ClNO4. The number of aliphatic hydroxyl groups excluding tert-OH is 1. The molecule has 0 radical (unpaired) electrons. The Morgan fingerprint density at radius 3 is 2.56 bits per heavy atom. The van der Waals surface area contributed by atoms with Gasteiger partial charge in [-0.1, -0.05) is 23.7 Å². The molecule has 1 aromatic rings. The van der Waals surface area contributed by atoms with Crippen LogP contribution in [0.5, 0.6) is 0 Å². The summed E-state index contributed by atoms with van der Waals surface area (Å²) in [4.78, 5) is 22.2. The fourth-order valence-corrected chi connectivity index (χ4v) is 1.39. The number of carbonyl (C=O) groups excluding carboxylic acids is 2. The minimum Gasteiger partial charge on any atom is -0.459 e. The van der Waals surface area contributed by atoms with Crippen molar-refractivity contribution in [2.24, 2.45) is 0 Å². The summed E-state index contributed by atoms with van der Waals surface area (Å²) in [6.07, 6.45) is -0.902. The number of hydrogen-bond acceptors (Lipinski definition) is 4. The number of nitrogens with one attached hydrogen (secondary N) is 1. The normalized spacial score (nSPS) is 11.7. The fraction of sp³-hybridized carbons (Fsp3) is 0.333. The summed E-state index contributed by atoms with van der Waals surface area (Å²) < 4.78 is 4.51. The molecule has 0 heterocycles. The number of esters is 1. The number of amides is 1. The van der Waals surface area contributed by atoms with Gasteiger partial charge in [-0.3, -0.25) is 4.79 Å². The highest BCUT2D eigenvalue weighted by molar-refractivity contribution is 6.32. The third-order valence-corrected chi connectivity index (χ3v) is 2.42. The molecule has 0 bridgehead atoms. The molecule has 1 unspecified atom stereocenters. The van der Waals surface area contributed by atoms with Gasteiger partial charge in [-0.2, -0.15) is 0 Å². The van der Waals surface area contributed by atoms with Crippen molar-refractivity contribution in [3.05, 3.63) is 34.9 Å². The van der Waals surface area contributed by atoms with Crippen LogP contribution in [0.4, 0.5) is 0 Å². The lowest BCUT2D eigenvalue weighted by Gasteiger charge is -2.11. The summed E-state index contributed by atoms with van der Waals surface area (Å²) in [5, 5.41) is 12.6. The van der Waals surface area contributed by atoms with E-state index < -0.39 is 18.0 Å². The molecular weight excluding hydrogens is 258 g/mol.